The Balaban J connectivity index is 2.46. The van der Waals surface area contributed by atoms with E-state index in [0.29, 0.717) is 13.0 Å². The maximum absolute atomic E-state index is 12.1. The summed E-state index contributed by atoms with van der Waals surface area (Å²) >= 11 is 0. The van der Waals surface area contributed by atoms with E-state index in [0.717, 1.165) is 32.2 Å². The number of likely N-dealkylation sites (tertiary alicyclic amines) is 1. The molecule has 5 heteroatoms. The minimum absolute atomic E-state index is 0.0523. The van der Waals surface area contributed by atoms with E-state index in [4.69, 9.17) is 9.47 Å². The van der Waals surface area contributed by atoms with Crippen LogP contribution in [0.25, 0.3) is 0 Å². The standard InChI is InChI=1S/C14H25NO4/c1-4-11(2)19-14(17)15-9-6-5-7-13(15)8-10-18-12(3)16/h11,13H,4-10H2,1-3H3. The van der Waals surface area contributed by atoms with E-state index >= 15 is 0 Å². The zero-order chi connectivity index (χ0) is 14.3. The third-order valence-electron chi connectivity index (χ3n) is 3.49. The first-order valence-electron chi connectivity index (χ1n) is 7.15. The number of hydrogen-bond donors (Lipinski definition) is 0. The van der Waals surface area contributed by atoms with Gasteiger partial charge in [-0.15, -0.1) is 0 Å². The first kappa shape index (κ1) is 15.8. The highest BCUT2D eigenvalue weighted by atomic mass is 16.6. The summed E-state index contributed by atoms with van der Waals surface area (Å²) in [6.07, 6.45) is 4.30. The number of rotatable bonds is 5. The highest BCUT2D eigenvalue weighted by Gasteiger charge is 2.28. The van der Waals surface area contributed by atoms with Crippen LogP contribution >= 0.6 is 0 Å². The fourth-order valence-electron chi connectivity index (χ4n) is 2.20. The van der Waals surface area contributed by atoms with Crippen molar-refractivity contribution in [3.63, 3.8) is 0 Å². The second-order valence-corrected chi connectivity index (χ2v) is 5.07. The molecule has 0 aliphatic carbocycles. The molecule has 1 aliphatic rings. The molecule has 2 unspecified atom stereocenters. The molecule has 1 saturated heterocycles. The highest BCUT2D eigenvalue weighted by Crippen LogP contribution is 2.21. The molecule has 0 saturated carbocycles. The zero-order valence-electron chi connectivity index (χ0n) is 12.2. The van der Waals surface area contributed by atoms with Crippen LogP contribution in [0.2, 0.25) is 0 Å². The lowest BCUT2D eigenvalue weighted by Gasteiger charge is -2.35. The summed E-state index contributed by atoms with van der Waals surface area (Å²) in [5, 5.41) is 0. The summed E-state index contributed by atoms with van der Waals surface area (Å²) in [5.74, 6) is -0.274. The Hall–Kier alpha value is -1.26. The molecule has 1 rings (SSSR count). The Labute approximate surface area is 115 Å². The summed E-state index contributed by atoms with van der Waals surface area (Å²) in [7, 11) is 0. The Morgan fingerprint density at radius 2 is 2.11 bits per heavy atom. The summed E-state index contributed by atoms with van der Waals surface area (Å²) in [6, 6.07) is 0.129. The lowest BCUT2D eigenvalue weighted by molar-refractivity contribution is -0.141. The average molecular weight is 271 g/mol. The van der Waals surface area contributed by atoms with Gasteiger partial charge < -0.3 is 14.4 Å². The smallest absolute Gasteiger partial charge is 0.410 e. The van der Waals surface area contributed by atoms with Crippen LogP contribution in [0.4, 0.5) is 4.79 Å². The van der Waals surface area contributed by atoms with Gasteiger partial charge in [0.1, 0.15) is 6.10 Å². The molecule has 5 nitrogen and oxygen atoms in total. The molecular weight excluding hydrogens is 246 g/mol. The molecule has 0 N–H and O–H groups in total. The number of nitrogens with zero attached hydrogens (tertiary/aromatic N) is 1. The third kappa shape index (κ3) is 5.49. The average Bonchev–Trinajstić information content (AvgIpc) is 2.38. The predicted octanol–water partition coefficient (Wildman–Crippen LogP) is 2.73. The van der Waals surface area contributed by atoms with Crippen molar-refractivity contribution in [1.29, 1.82) is 0 Å². The Kier molecular flexibility index (Phi) is 6.67. The van der Waals surface area contributed by atoms with Gasteiger partial charge in [0.2, 0.25) is 0 Å². The van der Waals surface area contributed by atoms with Gasteiger partial charge in [0.15, 0.2) is 0 Å². The Bertz CT molecular complexity index is 306. The molecule has 0 aromatic heterocycles. The van der Waals surface area contributed by atoms with E-state index in [1.807, 2.05) is 13.8 Å². The molecule has 110 valence electrons. The van der Waals surface area contributed by atoms with Crippen LogP contribution in [0, 0.1) is 0 Å². The Morgan fingerprint density at radius 1 is 1.37 bits per heavy atom. The topological polar surface area (TPSA) is 55.8 Å². The molecule has 0 aromatic rings. The molecule has 2 atom stereocenters. The molecule has 0 spiro atoms. The first-order valence-corrected chi connectivity index (χ1v) is 7.15. The molecule has 1 amide bonds. The zero-order valence-corrected chi connectivity index (χ0v) is 12.2. The van der Waals surface area contributed by atoms with Gasteiger partial charge in [0.25, 0.3) is 0 Å². The lowest BCUT2D eigenvalue weighted by Crippen LogP contribution is -2.45. The van der Waals surface area contributed by atoms with Gasteiger partial charge in [0.05, 0.1) is 6.61 Å². The van der Waals surface area contributed by atoms with Crippen molar-refractivity contribution in [3.05, 3.63) is 0 Å². The number of esters is 1. The van der Waals surface area contributed by atoms with Crippen LogP contribution < -0.4 is 0 Å². The van der Waals surface area contributed by atoms with E-state index in [1.54, 1.807) is 4.90 Å². The van der Waals surface area contributed by atoms with Gasteiger partial charge in [0, 0.05) is 25.9 Å². The molecular formula is C14H25NO4. The number of piperidine rings is 1. The number of carbonyl (C=O) groups excluding carboxylic acids is 2. The van der Waals surface area contributed by atoms with Crippen molar-refractivity contribution in [2.75, 3.05) is 13.2 Å². The number of amides is 1. The third-order valence-corrected chi connectivity index (χ3v) is 3.49. The molecule has 0 aromatic carbocycles. The van der Waals surface area contributed by atoms with Crippen LogP contribution in [0.15, 0.2) is 0 Å². The van der Waals surface area contributed by atoms with E-state index in [-0.39, 0.29) is 24.2 Å². The van der Waals surface area contributed by atoms with E-state index < -0.39 is 0 Å². The van der Waals surface area contributed by atoms with E-state index in [2.05, 4.69) is 0 Å². The monoisotopic (exact) mass is 271 g/mol. The van der Waals surface area contributed by atoms with Crippen molar-refractivity contribution in [3.8, 4) is 0 Å². The van der Waals surface area contributed by atoms with Gasteiger partial charge in [-0.2, -0.15) is 0 Å². The van der Waals surface area contributed by atoms with Gasteiger partial charge in [-0.1, -0.05) is 6.92 Å². The van der Waals surface area contributed by atoms with Crippen LogP contribution in [0.1, 0.15) is 52.9 Å². The molecule has 0 radical (unpaired) electrons. The minimum Gasteiger partial charge on any atom is -0.466 e. The van der Waals surface area contributed by atoms with Crippen molar-refractivity contribution in [2.45, 2.75) is 65.0 Å². The van der Waals surface area contributed by atoms with Gasteiger partial charge in [-0.3, -0.25) is 4.79 Å². The van der Waals surface area contributed by atoms with Crippen molar-refractivity contribution in [1.82, 2.24) is 4.90 Å². The number of hydrogen-bond acceptors (Lipinski definition) is 4. The summed E-state index contributed by atoms with van der Waals surface area (Å²) < 4.78 is 10.3. The summed E-state index contributed by atoms with van der Waals surface area (Å²) in [5.41, 5.74) is 0. The normalized spacial score (nSPS) is 20.8. The summed E-state index contributed by atoms with van der Waals surface area (Å²) in [4.78, 5) is 24.6. The number of carbonyl (C=O) groups is 2. The van der Waals surface area contributed by atoms with Crippen LogP contribution in [0.5, 0.6) is 0 Å². The molecule has 19 heavy (non-hydrogen) atoms. The van der Waals surface area contributed by atoms with E-state index in [9.17, 15) is 9.59 Å². The molecule has 1 heterocycles. The largest absolute Gasteiger partial charge is 0.466 e. The van der Waals surface area contributed by atoms with Crippen molar-refractivity contribution in [2.24, 2.45) is 0 Å². The van der Waals surface area contributed by atoms with Gasteiger partial charge >= 0.3 is 12.1 Å². The maximum atomic E-state index is 12.1. The second-order valence-electron chi connectivity index (χ2n) is 5.07. The predicted molar refractivity (Wildman–Crippen MR) is 71.8 cm³/mol. The van der Waals surface area contributed by atoms with Crippen LogP contribution in [-0.2, 0) is 14.3 Å². The molecule has 0 bridgehead atoms. The van der Waals surface area contributed by atoms with Gasteiger partial charge in [-0.05, 0) is 32.6 Å². The van der Waals surface area contributed by atoms with Crippen LogP contribution in [0.3, 0.4) is 0 Å². The Morgan fingerprint density at radius 3 is 2.74 bits per heavy atom. The van der Waals surface area contributed by atoms with Crippen molar-refractivity contribution >= 4 is 12.1 Å². The quantitative estimate of drug-likeness (QED) is 0.721. The minimum atomic E-state index is -0.274. The van der Waals surface area contributed by atoms with Crippen molar-refractivity contribution < 1.29 is 19.1 Å². The van der Waals surface area contributed by atoms with Gasteiger partial charge in [-0.25, -0.2) is 4.79 Å². The fourth-order valence-corrected chi connectivity index (χ4v) is 2.20. The molecule has 1 fully saturated rings. The second kappa shape index (κ2) is 8.02. The first-order chi connectivity index (χ1) is 9.04. The highest BCUT2D eigenvalue weighted by molar-refractivity contribution is 5.68. The lowest BCUT2D eigenvalue weighted by atomic mass is 10.0. The summed E-state index contributed by atoms with van der Waals surface area (Å²) in [6.45, 7) is 6.39. The fraction of sp³-hybridized carbons (Fsp3) is 0.857. The maximum Gasteiger partial charge on any atom is 0.410 e. The van der Waals surface area contributed by atoms with E-state index in [1.165, 1.54) is 6.92 Å². The molecule has 1 aliphatic heterocycles. The van der Waals surface area contributed by atoms with Crippen LogP contribution in [-0.4, -0.2) is 42.3 Å². The number of ether oxygens (including phenoxy) is 2. The SMILES string of the molecule is CCC(C)OC(=O)N1CCCCC1CCOC(C)=O.